The maximum absolute atomic E-state index is 6.01. The van der Waals surface area contributed by atoms with Crippen molar-refractivity contribution in [2.24, 2.45) is 0 Å². The Morgan fingerprint density at radius 1 is 0.950 bits per heavy atom. The molecule has 0 N–H and O–H groups in total. The van der Waals surface area contributed by atoms with E-state index < -0.39 is 0 Å². The largest absolute Gasteiger partial charge is 0.488 e. The van der Waals surface area contributed by atoms with Gasteiger partial charge in [-0.25, -0.2) is 0 Å². The number of hydrogen-bond donors (Lipinski definition) is 0. The van der Waals surface area contributed by atoms with Crippen LogP contribution in [-0.4, -0.2) is 18.2 Å². The molecule has 0 saturated carbocycles. The van der Waals surface area contributed by atoms with Gasteiger partial charge in [0.2, 0.25) is 0 Å². The Bertz CT molecular complexity index is 549. The van der Waals surface area contributed by atoms with E-state index in [4.69, 9.17) is 32.7 Å². The van der Waals surface area contributed by atoms with Crippen LogP contribution >= 0.6 is 23.2 Å². The lowest BCUT2D eigenvalue weighted by Gasteiger charge is -2.11. The minimum Gasteiger partial charge on any atom is -0.488 e. The van der Waals surface area contributed by atoms with Crippen LogP contribution in [0.2, 0.25) is 10.0 Å². The van der Waals surface area contributed by atoms with Gasteiger partial charge in [0.05, 0.1) is 10.7 Å². The van der Waals surface area contributed by atoms with Crippen molar-refractivity contribution in [2.45, 2.75) is 13.8 Å². The molecule has 1 heterocycles. The van der Waals surface area contributed by atoms with Gasteiger partial charge in [-0.15, -0.1) is 0 Å². The summed E-state index contributed by atoms with van der Waals surface area (Å²) in [6.07, 6.45) is 0. The van der Waals surface area contributed by atoms with Crippen LogP contribution in [0.1, 0.15) is 11.4 Å². The molecule has 1 aromatic carbocycles. The van der Waals surface area contributed by atoms with Gasteiger partial charge < -0.3 is 9.47 Å². The van der Waals surface area contributed by atoms with Crippen LogP contribution in [0.5, 0.6) is 11.5 Å². The Morgan fingerprint density at radius 3 is 2.25 bits per heavy atom. The predicted molar refractivity (Wildman–Crippen MR) is 81.2 cm³/mol. The fraction of sp³-hybridized carbons (Fsp3) is 0.267. The molecule has 0 unspecified atom stereocenters. The molecular weight excluding hydrogens is 297 g/mol. The van der Waals surface area contributed by atoms with E-state index in [9.17, 15) is 0 Å². The number of aryl methyl sites for hydroxylation is 2. The van der Waals surface area contributed by atoms with Gasteiger partial charge in [0.25, 0.3) is 0 Å². The Balaban J connectivity index is 1.84. The average molecular weight is 312 g/mol. The zero-order valence-electron chi connectivity index (χ0n) is 11.3. The second kappa shape index (κ2) is 6.82. The van der Waals surface area contributed by atoms with Crippen molar-refractivity contribution in [3.63, 3.8) is 0 Å². The number of pyridine rings is 1. The fourth-order valence-electron chi connectivity index (χ4n) is 1.72. The average Bonchev–Trinajstić information content (AvgIpc) is 2.39. The lowest BCUT2D eigenvalue weighted by molar-refractivity contribution is 0.216. The molecule has 20 heavy (non-hydrogen) atoms. The third-order valence-corrected chi connectivity index (χ3v) is 3.20. The fourth-order valence-corrected chi connectivity index (χ4v) is 2.18. The number of aromatic nitrogens is 1. The summed E-state index contributed by atoms with van der Waals surface area (Å²) >= 11 is 11.8. The van der Waals surface area contributed by atoms with Crippen molar-refractivity contribution >= 4 is 23.2 Å². The van der Waals surface area contributed by atoms with Crippen molar-refractivity contribution in [3.8, 4) is 11.5 Å². The number of benzene rings is 1. The van der Waals surface area contributed by atoms with E-state index in [0.29, 0.717) is 29.0 Å². The molecule has 0 saturated heterocycles. The first kappa shape index (κ1) is 14.9. The third kappa shape index (κ3) is 4.02. The van der Waals surface area contributed by atoms with Gasteiger partial charge in [0.1, 0.15) is 24.7 Å². The van der Waals surface area contributed by atoms with Gasteiger partial charge >= 0.3 is 0 Å². The summed E-state index contributed by atoms with van der Waals surface area (Å²) < 4.78 is 11.2. The molecule has 0 aliphatic carbocycles. The molecule has 1 aromatic heterocycles. The highest BCUT2D eigenvalue weighted by Crippen LogP contribution is 2.27. The van der Waals surface area contributed by atoms with Gasteiger partial charge in [0, 0.05) is 10.7 Å². The van der Waals surface area contributed by atoms with Gasteiger partial charge in [-0.2, -0.15) is 0 Å². The Labute approximate surface area is 128 Å². The maximum atomic E-state index is 6.01. The van der Waals surface area contributed by atoms with Crippen LogP contribution in [0.25, 0.3) is 0 Å². The van der Waals surface area contributed by atoms with Crippen molar-refractivity contribution in [3.05, 3.63) is 51.8 Å². The normalized spacial score (nSPS) is 10.4. The van der Waals surface area contributed by atoms with Crippen molar-refractivity contribution in [2.75, 3.05) is 13.2 Å². The topological polar surface area (TPSA) is 31.4 Å². The molecule has 0 radical (unpaired) electrons. The maximum Gasteiger partial charge on any atom is 0.140 e. The van der Waals surface area contributed by atoms with Crippen LogP contribution in [0.15, 0.2) is 30.3 Å². The van der Waals surface area contributed by atoms with Gasteiger partial charge in [-0.05, 0) is 44.2 Å². The monoisotopic (exact) mass is 311 g/mol. The van der Waals surface area contributed by atoms with Crippen LogP contribution in [0.3, 0.4) is 0 Å². The zero-order chi connectivity index (χ0) is 14.5. The highest BCUT2D eigenvalue weighted by Gasteiger charge is 2.04. The molecule has 0 atom stereocenters. The highest BCUT2D eigenvalue weighted by atomic mass is 35.5. The molecule has 0 bridgehead atoms. The molecule has 2 rings (SSSR count). The van der Waals surface area contributed by atoms with E-state index in [2.05, 4.69) is 4.98 Å². The molecule has 3 nitrogen and oxygen atoms in total. The van der Waals surface area contributed by atoms with Crippen LogP contribution in [0, 0.1) is 13.8 Å². The Hall–Kier alpha value is -1.45. The predicted octanol–water partition coefficient (Wildman–Crippen LogP) is 4.46. The summed E-state index contributed by atoms with van der Waals surface area (Å²) in [5, 5.41) is 1.07. The highest BCUT2D eigenvalue weighted by molar-refractivity contribution is 6.35. The summed E-state index contributed by atoms with van der Waals surface area (Å²) in [5.41, 5.74) is 1.84. The standard InChI is InChI=1S/C15H15Cl2NO2/c1-10-3-5-14(11(2)18-10)19-7-8-20-15-6-4-12(16)9-13(15)17/h3-6,9H,7-8H2,1-2H3. The molecule has 106 valence electrons. The molecule has 2 aromatic rings. The van der Waals surface area contributed by atoms with Crippen molar-refractivity contribution in [1.29, 1.82) is 0 Å². The first-order valence-electron chi connectivity index (χ1n) is 6.21. The van der Waals surface area contributed by atoms with E-state index in [1.807, 2.05) is 26.0 Å². The van der Waals surface area contributed by atoms with Crippen LogP contribution < -0.4 is 9.47 Å². The second-order valence-electron chi connectivity index (χ2n) is 4.31. The van der Waals surface area contributed by atoms with Crippen LogP contribution in [-0.2, 0) is 0 Å². The zero-order valence-corrected chi connectivity index (χ0v) is 12.8. The Kier molecular flexibility index (Phi) is 5.10. The molecule has 0 amide bonds. The van der Waals surface area contributed by atoms with Crippen molar-refractivity contribution < 1.29 is 9.47 Å². The van der Waals surface area contributed by atoms with E-state index in [-0.39, 0.29) is 0 Å². The first-order valence-corrected chi connectivity index (χ1v) is 6.97. The van der Waals surface area contributed by atoms with Gasteiger partial charge in [0.15, 0.2) is 0 Å². The molecule has 5 heteroatoms. The summed E-state index contributed by atoms with van der Waals surface area (Å²) in [7, 11) is 0. The van der Waals surface area contributed by atoms with Crippen molar-refractivity contribution in [1.82, 2.24) is 4.98 Å². The number of halogens is 2. The summed E-state index contributed by atoms with van der Waals surface area (Å²) in [6.45, 7) is 4.68. The van der Waals surface area contributed by atoms with Gasteiger partial charge in [-0.3, -0.25) is 4.98 Å². The minimum absolute atomic E-state index is 0.397. The lowest BCUT2D eigenvalue weighted by atomic mass is 10.3. The quantitative estimate of drug-likeness (QED) is 0.764. The van der Waals surface area contributed by atoms with Crippen LogP contribution in [0.4, 0.5) is 0 Å². The summed E-state index contributed by atoms with van der Waals surface area (Å²) in [6, 6.07) is 8.94. The number of ether oxygens (including phenoxy) is 2. The molecule has 0 aliphatic rings. The SMILES string of the molecule is Cc1ccc(OCCOc2ccc(Cl)cc2Cl)c(C)n1. The second-order valence-corrected chi connectivity index (χ2v) is 5.15. The van der Waals surface area contributed by atoms with E-state index in [0.717, 1.165) is 17.1 Å². The third-order valence-electron chi connectivity index (χ3n) is 2.67. The van der Waals surface area contributed by atoms with E-state index in [1.54, 1.807) is 18.2 Å². The van der Waals surface area contributed by atoms with E-state index >= 15 is 0 Å². The number of hydrogen-bond acceptors (Lipinski definition) is 3. The lowest BCUT2D eigenvalue weighted by Crippen LogP contribution is -2.10. The summed E-state index contributed by atoms with van der Waals surface area (Å²) in [4.78, 5) is 4.33. The minimum atomic E-state index is 0.397. The number of nitrogens with zero attached hydrogens (tertiary/aromatic N) is 1. The molecule has 0 spiro atoms. The molecule has 0 aliphatic heterocycles. The van der Waals surface area contributed by atoms with Gasteiger partial charge in [-0.1, -0.05) is 23.2 Å². The van der Waals surface area contributed by atoms with E-state index in [1.165, 1.54) is 0 Å². The first-order chi connectivity index (χ1) is 9.56. The molecular formula is C15H15Cl2NO2. The number of rotatable bonds is 5. The Morgan fingerprint density at radius 2 is 1.60 bits per heavy atom. The smallest absolute Gasteiger partial charge is 0.140 e. The molecule has 0 fully saturated rings. The summed E-state index contributed by atoms with van der Waals surface area (Å²) in [5.74, 6) is 1.36.